The number of hydrogen-bond acceptors (Lipinski definition) is 3. The number of nitrogens with zero attached hydrogens (tertiary/aromatic N) is 3. The summed E-state index contributed by atoms with van der Waals surface area (Å²) in [6.45, 7) is 5.53. The highest BCUT2D eigenvalue weighted by molar-refractivity contribution is 5.71. The van der Waals surface area contributed by atoms with Gasteiger partial charge in [0, 0.05) is 32.0 Å². The third-order valence-electron chi connectivity index (χ3n) is 3.46. The molecule has 94 valence electrons. The van der Waals surface area contributed by atoms with E-state index in [9.17, 15) is 4.79 Å². The number of aryl methyl sites for hydroxylation is 1. The van der Waals surface area contributed by atoms with Crippen molar-refractivity contribution in [3.05, 3.63) is 18.7 Å². The van der Waals surface area contributed by atoms with Gasteiger partial charge in [-0.2, -0.15) is 0 Å². The highest BCUT2D eigenvalue weighted by Gasteiger charge is 2.34. The molecular formula is C12H19N3O2. The molecule has 5 nitrogen and oxygen atoms in total. The number of carboxylic acid groups (broad SMARTS) is 1. The summed E-state index contributed by atoms with van der Waals surface area (Å²) < 4.78 is 2.05. The lowest BCUT2D eigenvalue weighted by Crippen LogP contribution is -2.25. The van der Waals surface area contributed by atoms with E-state index < -0.39 is 5.97 Å². The summed E-state index contributed by atoms with van der Waals surface area (Å²) in [4.78, 5) is 17.2. The molecule has 1 aromatic heterocycles. The average Bonchev–Trinajstić information content (AvgIpc) is 2.88. The number of aromatic nitrogens is 2. The predicted molar refractivity (Wildman–Crippen MR) is 63.6 cm³/mol. The summed E-state index contributed by atoms with van der Waals surface area (Å²) in [5, 5.41) is 9.04. The molecule has 1 aliphatic heterocycles. The second-order valence-corrected chi connectivity index (χ2v) is 4.84. The monoisotopic (exact) mass is 237 g/mol. The number of rotatable bonds is 5. The normalized spacial score (nSPS) is 25.2. The van der Waals surface area contributed by atoms with Gasteiger partial charge in [0.15, 0.2) is 0 Å². The molecule has 2 heterocycles. The van der Waals surface area contributed by atoms with Crippen molar-refractivity contribution >= 4 is 5.97 Å². The Morgan fingerprint density at radius 1 is 1.47 bits per heavy atom. The Kier molecular flexibility index (Phi) is 3.78. The first-order valence-electron chi connectivity index (χ1n) is 6.07. The SMILES string of the molecule is C[C@@H]1CN(CCCn2ccnc2)C[C@H]1C(=O)O. The smallest absolute Gasteiger partial charge is 0.308 e. The van der Waals surface area contributed by atoms with Gasteiger partial charge in [-0.25, -0.2) is 4.98 Å². The molecule has 0 radical (unpaired) electrons. The van der Waals surface area contributed by atoms with E-state index in [-0.39, 0.29) is 11.8 Å². The molecule has 0 aromatic carbocycles. The molecule has 17 heavy (non-hydrogen) atoms. The fourth-order valence-electron chi connectivity index (χ4n) is 2.47. The Balaban J connectivity index is 1.72. The van der Waals surface area contributed by atoms with Crippen LogP contribution in [0.1, 0.15) is 13.3 Å². The maximum atomic E-state index is 11.0. The Morgan fingerprint density at radius 3 is 2.88 bits per heavy atom. The van der Waals surface area contributed by atoms with Crippen LogP contribution in [-0.4, -0.2) is 45.2 Å². The summed E-state index contributed by atoms with van der Waals surface area (Å²) in [5.74, 6) is -0.585. The van der Waals surface area contributed by atoms with Crippen LogP contribution >= 0.6 is 0 Å². The zero-order chi connectivity index (χ0) is 12.3. The Bertz CT molecular complexity index is 364. The van der Waals surface area contributed by atoms with Gasteiger partial charge in [0.05, 0.1) is 12.2 Å². The van der Waals surface area contributed by atoms with Crippen molar-refractivity contribution in [1.82, 2.24) is 14.5 Å². The lowest BCUT2D eigenvalue weighted by molar-refractivity contribution is -0.142. The molecule has 0 spiro atoms. The van der Waals surface area contributed by atoms with E-state index in [1.54, 1.807) is 6.20 Å². The summed E-state index contributed by atoms with van der Waals surface area (Å²) in [6, 6.07) is 0. The van der Waals surface area contributed by atoms with Crippen LogP contribution in [0.25, 0.3) is 0 Å². The van der Waals surface area contributed by atoms with Crippen molar-refractivity contribution in [2.45, 2.75) is 19.9 Å². The molecule has 2 atom stereocenters. The van der Waals surface area contributed by atoms with Crippen molar-refractivity contribution in [2.24, 2.45) is 11.8 Å². The Hall–Kier alpha value is -1.36. The van der Waals surface area contributed by atoms with Gasteiger partial charge in [0.25, 0.3) is 0 Å². The summed E-state index contributed by atoms with van der Waals surface area (Å²) in [6.07, 6.45) is 6.58. The van der Waals surface area contributed by atoms with Crippen molar-refractivity contribution in [1.29, 1.82) is 0 Å². The van der Waals surface area contributed by atoms with Crippen LogP contribution < -0.4 is 0 Å². The molecule has 0 saturated carbocycles. The largest absolute Gasteiger partial charge is 0.481 e. The third kappa shape index (κ3) is 3.06. The Morgan fingerprint density at radius 2 is 2.29 bits per heavy atom. The highest BCUT2D eigenvalue weighted by Crippen LogP contribution is 2.23. The topological polar surface area (TPSA) is 58.4 Å². The van der Waals surface area contributed by atoms with Crippen molar-refractivity contribution in [3.8, 4) is 0 Å². The minimum Gasteiger partial charge on any atom is -0.481 e. The zero-order valence-electron chi connectivity index (χ0n) is 10.1. The molecule has 1 aromatic rings. The highest BCUT2D eigenvalue weighted by atomic mass is 16.4. The molecule has 1 fully saturated rings. The average molecular weight is 237 g/mol. The van der Waals surface area contributed by atoms with E-state index in [0.717, 1.165) is 26.1 Å². The van der Waals surface area contributed by atoms with E-state index in [1.807, 2.05) is 24.0 Å². The first kappa shape index (κ1) is 12.1. The second kappa shape index (κ2) is 5.31. The molecule has 5 heteroatoms. The lowest BCUT2D eigenvalue weighted by atomic mass is 9.99. The van der Waals surface area contributed by atoms with Crippen LogP contribution in [0.2, 0.25) is 0 Å². The predicted octanol–water partition coefficient (Wildman–Crippen LogP) is 0.926. The van der Waals surface area contributed by atoms with Crippen LogP contribution in [0.4, 0.5) is 0 Å². The van der Waals surface area contributed by atoms with E-state index in [4.69, 9.17) is 5.11 Å². The number of likely N-dealkylation sites (tertiary alicyclic amines) is 1. The molecular weight excluding hydrogens is 218 g/mol. The van der Waals surface area contributed by atoms with Gasteiger partial charge in [-0.15, -0.1) is 0 Å². The van der Waals surface area contributed by atoms with Crippen LogP contribution in [0.3, 0.4) is 0 Å². The molecule has 0 unspecified atom stereocenters. The minimum absolute atomic E-state index is 0.191. The first-order chi connectivity index (χ1) is 8.16. The molecule has 0 bridgehead atoms. The van der Waals surface area contributed by atoms with Gasteiger partial charge < -0.3 is 14.6 Å². The summed E-state index contributed by atoms with van der Waals surface area (Å²) in [5.41, 5.74) is 0. The van der Waals surface area contributed by atoms with Crippen LogP contribution in [0.15, 0.2) is 18.7 Å². The number of carboxylic acids is 1. The van der Waals surface area contributed by atoms with Crippen LogP contribution in [0, 0.1) is 11.8 Å². The number of imidazole rings is 1. The van der Waals surface area contributed by atoms with Gasteiger partial charge >= 0.3 is 5.97 Å². The van der Waals surface area contributed by atoms with Gasteiger partial charge in [0.1, 0.15) is 0 Å². The lowest BCUT2D eigenvalue weighted by Gasteiger charge is -2.14. The van der Waals surface area contributed by atoms with Crippen molar-refractivity contribution in [3.63, 3.8) is 0 Å². The van der Waals surface area contributed by atoms with Gasteiger partial charge in [-0.1, -0.05) is 6.92 Å². The minimum atomic E-state index is -0.658. The van der Waals surface area contributed by atoms with Crippen LogP contribution in [-0.2, 0) is 11.3 Å². The molecule has 1 aliphatic rings. The van der Waals surface area contributed by atoms with Crippen LogP contribution in [0.5, 0.6) is 0 Å². The zero-order valence-corrected chi connectivity index (χ0v) is 10.1. The fraction of sp³-hybridized carbons (Fsp3) is 0.667. The summed E-state index contributed by atoms with van der Waals surface area (Å²) >= 11 is 0. The molecule has 0 amide bonds. The van der Waals surface area contributed by atoms with Gasteiger partial charge in [0.2, 0.25) is 0 Å². The number of hydrogen-bond donors (Lipinski definition) is 1. The van der Waals surface area contributed by atoms with E-state index in [2.05, 4.69) is 9.88 Å². The second-order valence-electron chi connectivity index (χ2n) is 4.84. The molecule has 1 N–H and O–H groups in total. The molecule has 2 rings (SSSR count). The van der Waals surface area contributed by atoms with E-state index in [1.165, 1.54) is 0 Å². The maximum absolute atomic E-state index is 11.0. The molecule has 1 saturated heterocycles. The quantitative estimate of drug-likeness (QED) is 0.827. The third-order valence-corrected chi connectivity index (χ3v) is 3.46. The van der Waals surface area contributed by atoms with Crippen molar-refractivity contribution < 1.29 is 9.90 Å². The maximum Gasteiger partial charge on any atom is 0.308 e. The molecule has 0 aliphatic carbocycles. The van der Waals surface area contributed by atoms with Crippen molar-refractivity contribution in [2.75, 3.05) is 19.6 Å². The van der Waals surface area contributed by atoms with E-state index >= 15 is 0 Å². The van der Waals surface area contributed by atoms with Gasteiger partial charge in [-0.05, 0) is 18.9 Å². The Labute approximate surface area is 101 Å². The van der Waals surface area contributed by atoms with Gasteiger partial charge in [-0.3, -0.25) is 4.79 Å². The van der Waals surface area contributed by atoms with E-state index in [0.29, 0.717) is 6.54 Å². The number of aliphatic carboxylic acids is 1. The number of carbonyl (C=O) groups is 1. The first-order valence-corrected chi connectivity index (χ1v) is 6.07. The fourth-order valence-corrected chi connectivity index (χ4v) is 2.47. The standard InChI is InChI=1S/C12H19N3O2/c1-10-7-15(8-11(10)12(16)17)5-2-4-14-6-3-13-9-14/h3,6,9-11H,2,4-5,7-8H2,1H3,(H,16,17)/t10-,11-/m1/s1. The summed E-state index contributed by atoms with van der Waals surface area (Å²) in [7, 11) is 0.